The number of rotatable bonds is 6. The number of aliphatic hydroxyl groups is 1. The van der Waals surface area contributed by atoms with Gasteiger partial charge in [0.25, 0.3) is 0 Å². The van der Waals surface area contributed by atoms with Crippen LogP contribution in [0.3, 0.4) is 0 Å². The molecule has 0 aromatic carbocycles. The molecular formula is C17H15NO3S2. The topological polar surface area (TPSA) is 62.5 Å². The monoisotopic (exact) mass is 345 g/mol. The molecule has 1 atom stereocenters. The van der Waals surface area contributed by atoms with Crippen LogP contribution in [0.1, 0.15) is 16.2 Å². The van der Waals surface area contributed by atoms with Crippen molar-refractivity contribution in [2.24, 2.45) is 0 Å². The lowest BCUT2D eigenvalue weighted by Crippen LogP contribution is -2.40. The first-order valence-corrected chi connectivity index (χ1v) is 8.79. The van der Waals surface area contributed by atoms with Gasteiger partial charge in [-0.15, -0.1) is 11.3 Å². The molecule has 3 aromatic heterocycles. The predicted molar refractivity (Wildman–Crippen MR) is 92.4 cm³/mol. The minimum absolute atomic E-state index is 0.103. The third kappa shape index (κ3) is 3.61. The van der Waals surface area contributed by atoms with Gasteiger partial charge >= 0.3 is 0 Å². The van der Waals surface area contributed by atoms with E-state index in [-0.39, 0.29) is 12.5 Å². The summed E-state index contributed by atoms with van der Waals surface area (Å²) in [5.41, 5.74) is -0.442. The Morgan fingerprint density at radius 3 is 2.87 bits per heavy atom. The number of nitrogens with one attached hydrogen (secondary N) is 1. The molecule has 3 aromatic rings. The SMILES string of the molecule is O=C(/C=C/c1ccco1)NCC(O)(c1ccsc1)c1cccs1. The molecule has 0 radical (unpaired) electrons. The summed E-state index contributed by atoms with van der Waals surface area (Å²) < 4.78 is 5.13. The molecular weight excluding hydrogens is 330 g/mol. The third-order valence-corrected chi connectivity index (χ3v) is 5.09. The lowest BCUT2D eigenvalue weighted by Gasteiger charge is -2.26. The Labute approximate surface area is 141 Å². The van der Waals surface area contributed by atoms with Crippen LogP contribution in [0.2, 0.25) is 0 Å². The number of hydrogen-bond acceptors (Lipinski definition) is 5. The lowest BCUT2D eigenvalue weighted by molar-refractivity contribution is -0.117. The van der Waals surface area contributed by atoms with Gasteiger partial charge in [-0.1, -0.05) is 6.07 Å². The van der Waals surface area contributed by atoms with Crippen LogP contribution in [0.4, 0.5) is 0 Å². The van der Waals surface area contributed by atoms with Crippen molar-refractivity contribution in [3.8, 4) is 0 Å². The van der Waals surface area contributed by atoms with Crippen molar-refractivity contribution >= 4 is 34.7 Å². The van der Waals surface area contributed by atoms with Crippen LogP contribution in [0.15, 0.2) is 63.2 Å². The van der Waals surface area contributed by atoms with Crippen LogP contribution in [0.5, 0.6) is 0 Å². The maximum Gasteiger partial charge on any atom is 0.244 e. The zero-order valence-corrected chi connectivity index (χ0v) is 13.8. The molecule has 0 spiro atoms. The molecule has 23 heavy (non-hydrogen) atoms. The van der Waals surface area contributed by atoms with Gasteiger partial charge in [0.15, 0.2) is 0 Å². The van der Waals surface area contributed by atoms with Crippen molar-refractivity contribution in [2.75, 3.05) is 6.54 Å². The fraction of sp³-hybridized carbons (Fsp3) is 0.118. The summed E-state index contributed by atoms with van der Waals surface area (Å²) in [6, 6.07) is 9.14. The van der Waals surface area contributed by atoms with E-state index in [4.69, 9.17) is 4.42 Å². The van der Waals surface area contributed by atoms with Crippen LogP contribution in [0, 0.1) is 0 Å². The summed E-state index contributed by atoms with van der Waals surface area (Å²) in [5, 5.41) is 19.6. The minimum Gasteiger partial charge on any atom is -0.465 e. The highest BCUT2D eigenvalue weighted by molar-refractivity contribution is 7.10. The van der Waals surface area contributed by atoms with Crippen molar-refractivity contribution in [3.63, 3.8) is 0 Å². The molecule has 1 unspecified atom stereocenters. The molecule has 0 aliphatic heterocycles. The van der Waals surface area contributed by atoms with Crippen LogP contribution >= 0.6 is 22.7 Å². The number of amides is 1. The largest absolute Gasteiger partial charge is 0.465 e. The molecule has 4 nitrogen and oxygen atoms in total. The number of furan rings is 1. The average molecular weight is 345 g/mol. The second-order valence-corrected chi connectivity index (χ2v) is 6.64. The first-order valence-electron chi connectivity index (χ1n) is 6.97. The van der Waals surface area contributed by atoms with E-state index in [0.29, 0.717) is 5.76 Å². The molecule has 0 saturated heterocycles. The molecule has 0 fully saturated rings. The Morgan fingerprint density at radius 1 is 1.30 bits per heavy atom. The lowest BCUT2D eigenvalue weighted by atomic mass is 9.94. The highest BCUT2D eigenvalue weighted by Gasteiger charge is 2.33. The summed E-state index contributed by atoms with van der Waals surface area (Å²) in [7, 11) is 0. The average Bonchev–Trinajstić information content (AvgIpc) is 3.33. The standard InChI is InChI=1S/C17H15NO3S2/c19-16(6-5-14-3-1-8-21-14)18-12-17(20,13-7-10-22-11-13)15-4-2-9-23-15/h1-11,20H,12H2,(H,18,19)/b6-5+. The molecule has 3 rings (SSSR count). The zero-order chi connectivity index (χ0) is 16.1. The van der Waals surface area contributed by atoms with Gasteiger partial charge in [-0.2, -0.15) is 11.3 Å². The van der Waals surface area contributed by atoms with Gasteiger partial charge in [-0.3, -0.25) is 4.79 Å². The Morgan fingerprint density at radius 2 is 2.22 bits per heavy atom. The van der Waals surface area contributed by atoms with Crippen molar-refractivity contribution < 1.29 is 14.3 Å². The molecule has 2 N–H and O–H groups in total. The number of carbonyl (C=O) groups excluding carboxylic acids is 1. The highest BCUT2D eigenvalue weighted by Crippen LogP contribution is 2.33. The van der Waals surface area contributed by atoms with Gasteiger partial charge < -0.3 is 14.8 Å². The fourth-order valence-electron chi connectivity index (χ4n) is 2.16. The van der Waals surface area contributed by atoms with Crippen molar-refractivity contribution in [2.45, 2.75) is 5.60 Å². The van der Waals surface area contributed by atoms with E-state index in [2.05, 4.69) is 5.32 Å². The number of carbonyl (C=O) groups is 1. The van der Waals surface area contributed by atoms with E-state index in [0.717, 1.165) is 10.4 Å². The van der Waals surface area contributed by atoms with Gasteiger partial charge in [0, 0.05) is 16.5 Å². The summed E-state index contributed by atoms with van der Waals surface area (Å²) in [5.74, 6) is 0.318. The molecule has 0 aliphatic rings. The summed E-state index contributed by atoms with van der Waals surface area (Å²) in [6.45, 7) is 0.103. The molecule has 6 heteroatoms. The Hall–Kier alpha value is -2.15. The van der Waals surface area contributed by atoms with E-state index < -0.39 is 5.60 Å². The highest BCUT2D eigenvalue weighted by atomic mass is 32.1. The quantitative estimate of drug-likeness (QED) is 0.673. The van der Waals surface area contributed by atoms with Crippen molar-refractivity contribution in [3.05, 3.63) is 75.0 Å². The Balaban J connectivity index is 1.71. The van der Waals surface area contributed by atoms with Gasteiger partial charge in [0.05, 0.1) is 12.8 Å². The predicted octanol–water partition coefficient (Wildman–Crippen LogP) is 3.47. The van der Waals surface area contributed by atoms with E-state index in [1.54, 1.807) is 24.5 Å². The van der Waals surface area contributed by atoms with Gasteiger partial charge in [-0.05, 0) is 46.5 Å². The van der Waals surface area contributed by atoms with Crippen LogP contribution in [-0.2, 0) is 10.4 Å². The number of thiophene rings is 2. The van der Waals surface area contributed by atoms with Gasteiger partial charge in [0.2, 0.25) is 5.91 Å². The summed E-state index contributed by atoms with van der Waals surface area (Å²) in [6.07, 6.45) is 4.52. The first-order chi connectivity index (χ1) is 11.2. The normalized spacial score (nSPS) is 14.0. The molecule has 0 aliphatic carbocycles. The summed E-state index contributed by atoms with van der Waals surface area (Å²) in [4.78, 5) is 12.8. The maximum absolute atomic E-state index is 12.0. The molecule has 3 heterocycles. The molecule has 1 amide bonds. The summed E-state index contributed by atoms with van der Waals surface area (Å²) >= 11 is 2.97. The minimum atomic E-state index is -1.22. The molecule has 0 saturated carbocycles. The van der Waals surface area contributed by atoms with Crippen LogP contribution in [-0.4, -0.2) is 17.6 Å². The fourth-order valence-corrected chi connectivity index (χ4v) is 3.73. The van der Waals surface area contributed by atoms with E-state index in [9.17, 15) is 9.90 Å². The van der Waals surface area contributed by atoms with E-state index in [1.807, 2.05) is 34.3 Å². The molecule has 118 valence electrons. The first kappa shape index (κ1) is 15.7. The number of hydrogen-bond donors (Lipinski definition) is 2. The second-order valence-electron chi connectivity index (χ2n) is 4.92. The van der Waals surface area contributed by atoms with E-state index in [1.165, 1.54) is 28.7 Å². The third-order valence-electron chi connectivity index (χ3n) is 3.39. The van der Waals surface area contributed by atoms with Gasteiger partial charge in [0.1, 0.15) is 11.4 Å². The second kappa shape index (κ2) is 6.95. The van der Waals surface area contributed by atoms with Gasteiger partial charge in [-0.25, -0.2) is 0 Å². The van der Waals surface area contributed by atoms with Crippen molar-refractivity contribution in [1.29, 1.82) is 0 Å². The Kier molecular flexibility index (Phi) is 4.76. The zero-order valence-electron chi connectivity index (χ0n) is 12.1. The van der Waals surface area contributed by atoms with E-state index >= 15 is 0 Å². The maximum atomic E-state index is 12.0. The Bertz CT molecular complexity index is 725. The van der Waals surface area contributed by atoms with Crippen LogP contribution < -0.4 is 5.32 Å². The molecule has 0 bridgehead atoms. The van der Waals surface area contributed by atoms with Crippen LogP contribution in [0.25, 0.3) is 6.08 Å². The van der Waals surface area contributed by atoms with Crippen molar-refractivity contribution in [1.82, 2.24) is 5.32 Å². The smallest absolute Gasteiger partial charge is 0.244 e.